The van der Waals surface area contributed by atoms with Gasteiger partial charge in [0, 0.05) is 18.1 Å². The number of likely N-dealkylation sites (tertiary alicyclic amines) is 1. The lowest BCUT2D eigenvalue weighted by molar-refractivity contribution is 0.0107. The maximum atomic E-state index is 3.65. The van der Waals surface area contributed by atoms with Gasteiger partial charge in [-0.15, -0.1) is 0 Å². The predicted octanol–water partition coefficient (Wildman–Crippen LogP) is 3.56. The molecule has 19 heavy (non-hydrogen) atoms. The Labute approximate surface area is 119 Å². The highest BCUT2D eigenvalue weighted by molar-refractivity contribution is 4.95. The van der Waals surface area contributed by atoms with Crippen molar-refractivity contribution >= 4 is 0 Å². The van der Waals surface area contributed by atoms with Gasteiger partial charge in [0.25, 0.3) is 0 Å². The molecule has 3 fully saturated rings. The van der Waals surface area contributed by atoms with Crippen LogP contribution >= 0.6 is 0 Å². The van der Waals surface area contributed by atoms with Crippen molar-refractivity contribution in [3.05, 3.63) is 0 Å². The standard InChI is InChI=1S/C17H32N2/c1-18-15-10-3-2-4-12-17(15)19-13-7-9-14-8-5-6-11-16(14)19/h14-18H,2-13H2,1H3/t14-,15?,16-,17?/m1/s1. The highest BCUT2D eigenvalue weighted by Crippen LogP contribution is 2.38. The van der Waals surface area contributed by atoms with Crippen molar-refractivity contribution in [1.29, 1.82) is 0 Å². The van der Waals surface area contributed by atoms with E-state index >= 15 is 0 Å². The quantitative estimate of drug-likeness (QED) is 0.767. The van der Waals surface area contributed by atoms with Crippen LogP contribution in [-0.2, 0) is 0 Å². The first kappa shape index (κ1) is 13.9. The third-order valence-corrected chi connectivity index (χ3v) is 6.06. The molecule has 0 aromatic heterocycles. The number of fused-ring (bicyclic) bond motifs is 1. The molecule has 1 saturated heterocycles. The molecule has 2 heteroatoms. The smallest absolute Gasteiger partial charge is 0.0252 e. The Bertz CT molecular complexity index is 276. The van der Waals surface area contributed by atoms with E-state index in [1.807, 2.05) is 0 Å². The van der Waals surface area contributed by atoms with Crippen LogP contribution in [-0.4, -0.2) is 36.6 Å². The van der Waals surface area contributed by atoms with Crippen LogP contribution in [0.5, 0.6) is 0 Å². The number of likely N-dealkylation sites (N-methyl/N-ethyl adjacent to an activating group) is 1. The number of hydrogen-bond donors (Lipinski definition) is 1. The molecule has 2 unspecified atom stereocenters. The molecule has 110 valence electrons. The summed E-state index contributed by atoms with van der Waals surface area (Å²) in [6.07, 6.45) is 16.1. The van der Waals surface area contributed by atoms with Gasteiger partial charge in [0.05, 0.1) is 0 Å². The molecular formula is C17H32N2. The number of hydrogen-bond acceptors (Lipinski definition) is 2. The van der Waals surface area contributed by atoms with Gasteiger partial charge in [-0.3, -0.25) is 4.90 Å². The molecule has 0 amide bonds. The van der Waals surface area contributed by atoms with Crippen LogP contribution in [0, 0.1) is 5.92 Å². The zero-order valence-corrected chi connectivity index (χ0v) is 12.7. The van der Waals surface area contributed by atoms with Crippen LogP contribution in [0.4, 0.5) is 0 Å². The van der Waals surface area contributed by atoms with Crippen molar-refractivity contribution in [1.82, 2.24) is 10.2 Å². The van der Waals surface area contributed by atoms with E-state index in [0.29, 0.717) is 0 Å². The van der Waals surface area contributed by atoms with Gasteiger partial charge in [-0.1, -0.05) is 32.1 Å². The van der Waals surface area contributed by atoms with Gasteiger partial charge in [-0.05, 0) is 58.0 Å². The molecule has 0 aromatic rings. The van der Waals surface area contributed by atoms with Crippen molar-refractivity contribution in [3.63, 3.8) is 0 Å². The Morgan fingerprint density at radius 1 is 0.737 bits per heavy atom. The van der Waals surface area contributed by atoms with E-state index in [2.05, 4.69) is 17.3 Å². The van der Waals surface area contributed by atoms with Gasteiger partial charge >= 0.3 is 0 Å². The molecule has 1 N–H and O–H groups in total. The summed E-state index contributed by atoms with van der Waals surface area (Å²) in [5.41, 5.74) is 0. The molecule has 0 spiro atoms. The van der Waals surface area contributed by atoms with Crippen molar-refractivity contribution in [2.45, 2.75) is 88.8 Å². The Kier molecular flexibility index (Phi) is 4.81. The average molecular weight is 264 g/mol. The van der Waals surface area contributed by atoms with Gasteiger partial charge in [0.1, 0.15) is 0 Å². The summed E-state index contributed by atoms with van der Waals surface area (Å²) in [5, 5.41) is 3.65. The minimum Gasteiger partial charge on any atom is -0.315 e. The monoisotopic (exact) mass is 264 g/mol. The van der Waals surface area contributed by atoms with Crippen molar-refractivity contribution in [3.8, 4) is 0 Å². The van der Waals surface area contributed by atoms with Crippen LogP contribution in [0.3, 0.4) is 0 Å². The molecule has 2 nitrogen and oxygen atoms in total. The fourth-order valence-corrected chi connectivity index (χ4v) is 5.10. The van der Waals surface area contributed by atoms with E-state index in [4.69, 9.17) is 0 Å². The van der Waals surface area contributed by atoms with E-state index in [9.17, 15) is 0 Å². The summed E-state index contributed by atoms with van der Waals surface area (Å²) in [6.45, 7) is 1.38. The first-order chi connectivity index (χ1) is 9.40. The summed E-state index contributed by atoms with van der Waals surface area (Å²) in [5.74, 6) is 1.03. The van der Waals surface area contributed by atoms with E-state index in [-0.39, 0.29) is 0 Å². The zero-order chi connectivity index (χ0) is 13.1. The molecule has 4 atom stereocenters. The van der Waals surface area contributed by atoms with Gasteiger partial charge in [0.2, 0.25) is 0 Å². The third kappa shape index (κ3) is 3.00. The molecule has 2 aliphatic carbocycles. The first-order valence-electron chi connectivity index (χ1n) is 8.83. The molecule has 0 radical (unpaired) electrons. The number of nitrogens with one attached hydrogen (secondary N) is 1. The van der Waals surface area contributed by atoms with Crippen LogP contribution in [0.15, 0.2) is 0 Å². The van der Waals surface area contributed by atoms with Crippen LogP contribution in [0.1, 0.15) is 70.6 Å². The van der Waals surface area contributed by atoms with Crippen molar-refractivity contribution in [2.75, 3.05) is 13.6 Å². The second-order valence-electron chi connectivity index (χ2n) is 7.09. The Balaban J connectivity index is 1.73. The minimum absolute atomic E-state index is 0.753. The van der Waals surface area contributed by atoms with E-state index < -0.39 is 0 Å². The Hall–Kier alpha value is -0.0800. The molecule has 3 aliphatic rings. The van der Waals surface area contributed by atoms with Crippen LogP contribution in [0.25, 0.3) is 0 Å². The third-order valence-electron chi connectivity index (χ3n) is 6.06. The second-order valence-corrected chi connectivity index (χ2v) is 7.09. The van der Waals surface area contributed by atoms with Crippen molar-refractivity contribution < 1.29 is 0 Å². The summed E-state index contributed by atoms with van der Waals surface area (Å²) in [7, 11) is 2.19. The number of piperidine rings is 1. The average Bonchev–Trinajstić information content (AvgIpc) is 2.71. The summed E-state index contributed by atoms with van der Waals surface area (Å²) < 4.78 is 0. The zero-order valence-electron chi connectivity index (χ0n) is 12.7. The summed E-state index contributed by atoms with van der Waals surface area (Å²) in [4.78, 5) is 2.96. The number of rotatable bonds is 2. The Morgan fingerprint density at radius 3 is 2.32 bits per heavy atom. The Morgan fingerprint density at radius 2 is 1.42 bits per heavy atom. The maximum absolute atomic E-state index is 3.65. The summed E-state index contributed by atoms with van der Waals surface area (Å²) >= 11 is 0. The minimum atomic E-state index is 0.753. The fourth-order valence-electron chi connectivity index (χ4n) is 5.10. The molecule has 0 bridgehead atoms. The highest BCUT2D eigenvalue weighted by Gasteiger charge is 2.39. The topological polar surface area (TPSA) is 15.3 Å². The van der Waals surface area contributed by atoms with Crippen molar-refractivity contribution in [2.24, 2.45) is 5.92 Å². The van der Waals surface area contributed by atoms with Gasteiger partial charge in [0.15, 0.2) is 0 Å². The lowest BCUT2D eigenvalue weighted by Crippen LogP contribution is -2.57. The highest BCUT2D eigenvalue weighted by atomic mass is 15.2. The van der Waals surface area contributed by atoms with E-state index in [1.54, 1.807) is 0 Å². The van der Waals surface area contributed by atoms with Crippen LogP contribution < -0.4 is 5.32 Å². The largest absolute Gasteiger partial charge is 0.315 e. The molecule has 0 aromatic carbocycles. The maximum Gasteiger partial charge on any atom is 0.0252 e. The molecular weight excluding hydrogens is 232 g/mol. The lowest BCUT2D eigenvalue weighted by atomic mass is 9.77. The SMILES string of the molecule is CNC1CCCCCC1N1CCC[C@H]2CCCC[C@H]21. The molecule has 1 aliphatic heterocycles. The first-order valence-corrected chi connectivity index (χ1v) is 8.83. The number of nitrogens with zero attached hydrogens (tertiary/aromatic N) is 1. The van der Waals surface area contributed by atoms with Gasteiger partial charge in [-0.25, -0.2) is 0 Å². The lowest BCUT2D eigenvalue weighted by Gasteiger charge is -2.49. The van der Waals surface area contributed by atoms with E-state index in [1.165, 1.54) is 77.2 Å². The van der Waals surface area contributed by atoms with Gasteiger partial charge < -0.3 is 5.32 Å². The molecule has 2 saturated carbocycles. The fraction of sp³-hybridized carbons (Fsp3) is 1.00. The second kappa shape index (κ2) is 6.58. The molecule has 3 rings (SSSR count). The molecule has 1 heterocycles. The van der Waals surface area contributed by atoms with Gasteiger partial charge in [-0.2, -0.15) is 0 Å². The predicted molar refractivity (Wildman–Crippen MR) is 81.4 cm³/mol. The van der Waals surface area contributed by atoms with Crippen LogP contribution in [0.2, 0.25) is 0 Å². The van der Waals surface area contributed by atoms with E-state index in [0.717, 1.165) is 24.0 Å². The normalized spacial score (nSPS) is 41.5. The summed E-state index contributed by atoms with van der Waals surface area (Å²) in [6, 6.07) is 2.52.